The number of carbonyl (C=O) groups is 1. The first-order valence-electron chi connectivity index (χ1n) is 12.9. The normalized spacial score (nSPS) is 42.3. The summed E-state index contributed by atoms with van der Waals surface area (Å²) in [4.78, 5) is 13.2. The number of ketones is 1. The summed E-state index contributed by atoms with van der Waals surface area (Å²) < 4.78 is 9.50. The van der Waals surface area contributed by atoms with Crippen LogP contribution < -0.4 is 5.43 Å². The number of hydrazine groups is 2. The van der Waals surface area contributed by atoms with E-state index in [2.05, 4.69) is 17.5 Å². The number of hydrogen-bond acceptors (Lipinski definition) is 6. The van der Waals surface area contributed by atoms with Crippen LogP contribution in [0.2, 0.25) is 0 Å². The lowest BCUT2D eigenvalue weighted by Gasteiger charge is -2.56. The summed E-state index contributed by atoms with van der Waals surface area (Å²) in [5.74, 6) is 4.51. The van der Waals surface area contributed by atoms with Crippen LogP contribution in [0.3, 0.4) is 0 Å². The number of hydrogen-bond donors (Lipinski definition) is 2. The SMILES string of the molecule is CC.CF.CN1NC=NN1CC(=O)C1CCC2C3CCC4CC(O)CCC4C3CCC12C. The zero-order chi connectivity index (χ0) is 23.5. The van der Waals surface area contributed by atoms with Gasteiger partial charge in [-0.15, -0.1) is 10.2 Å². The lowest BCUT2D eigenvalue weighted by molar-refractivity contribution is -0.136. The summed E-state index contributed by atoms with van der Waals surface area (Å²) in [7, 11) is 2.39. The van der Waals surface area contributed by atoms with Crippen LogP contribution in [0.4, 0.5) is 4.39 Å². The van der Waals surface area contributed by atoms with Gasteiger partial charge in [0, 0.05) is 13.0 Å². The Morgan fingerprint density at radius 3 is 2.50 bits per heavy atom. The smallest absolute Gasteiger partial charge is 0.159 e. The first-order valence-corrected chi connectivity index (χ1v) is 12.9. The third-order valence-electron chi connectivity index (χ3n) is 9.39. The molecule has 4 fully saturated rings. The second-order valence-electron chi connectivity index (χ2n) is 10.5. The average Bonchev–Trinajstić information content (AvgIpc) is 3.38. The molecule has 0 aromatic heterocycles. The predicted octanol–water partition coefficient (Wildman–Crippen LogP) is 4.41. The molecule has 0 aromatic carbocycles. The zero-order valence-corrected chi connectivity index (χ0v) is 20.8. The molecule has 8 atom stereocenters. The van der Waals surface area contributed by atoms with Crippen molar-refractivity contribution >= 4 is 12.1 Å². The second kappa shape index (κ2) is 10.8. The number of alkyl halides is 1. The maximum atomic E-state index is 13.2. The van der Waals surface area contributed by atoms with Crippen LogP contribution in [0.15, 0.2) is 5.10 Å². The van der Waals surface area contributed by atoms with E-state index in [-0.39, 0.29) is 17.4 Å². The third kappa shape index (κ3) is 4.56. The van der Waals surface area contributed by atoms with Gasteiger partial charge in [-0.25, -0.2) is 5.12 Å². The number of nitrogens with zero attached hydrogens (tertiary/aromatic N) is 3. The van der Waals surface area contributed by atoms with E-state index in [1.165, 1.54) is 38.5 Å². The number of hydrazone groups is 1. The van der Waals surface area contributed by atoms with Crippen molar-refractivity contribution in [1.29, 1.82) is 0 Å². The van der Waals surface area contributed by atoms with Gasteiger partial charge in [-0.05, 0) is 92.8 Å². The van der Waals surface area contributed by atoms with Crippen molar-refractivity contribution in [3.8, 4) is 0 Å². The monoisotopic (exact) mass is 452 g/mol. The van der Waals surface area contributed by atoms with Gasteiger partial charge in [0.05, 0.1) is 13.3 Å². The van der Waals surface area contributed by atoms with Crippen molar-refractivity contribution < 1.29 is 14.3 Å². The van der Waals surface area contributed by atoms with E-state index in [1.807, 2.05) is 20.9 Å². The van der Waals surface area contributed by atoms with E-state index in [0.717, 1.165) is 42.9 Å². The number of fused-ring (bicyclic) bond motifs is 5. The fourth-order valence-corrected chi connectivity index (χ4v) is 8.07. The first-order chi connectivity index (χ1) is 15.5. The molecule has 0 radical (unpaired) electrons. The minimum Gasteiger partial charge on any atom is -0.393 e. The first kappa shape index (κ1) is 25.4. The molecule has 7 heteroatoms. The van der Waals surface area contributed by atoms with Crippen LogP contribution in [0.25, 0.3) is 0 Å². The van der Waals surface area contributed by atoms with Gasteiger partial charge in [-0.1, -0.05) is 20.8 Å². The molecule has 0 bridgehead atoms. The predicted molar refractivity (Wildman–Crippen MR) is 126 cm³/mol. The molecule has 0 saturated heterocycles. The van der Waals surface area contributed by atoms with E-state index < -0.39 is 0 Å². The summed E-state index contributed by atoms with van der Waals surface area (Å²) in [5, 5.41) is 17.9. The third-order valence-corrected chi connectivity index (χ3v) is 9.39. The Hall–Kier alpha value is -1.21. The van der Waals surface area contributed by atoms with E-state index in [9.17, 15) is 14.3 Å². The van der Waals surface area contributed by atoms with Gasteiger partial charge in [0.25, 0.3) is 0 Å². The topological polar surface area (TPSA) is 68.2 Å². The van der Waals surface area contributed by atoms with E-state index in [0.29, 0.717) is 25.4 Å². The number of aliphatic hydroxyl groups is 1. The molecule has 0 spiro atoms. The second-order valence-corrected chi connectivity index (χ2v) is 10.5. The number of carbonyl (C=O) groups excluding carboxylic acids is 1. The molecular formula is C25H45FN4O2. The van der Waals surface area contributed by atoms with E-state index in [1.54, 1.807) is 16.6 Å². The number of Topliss-reactive ketones (excluding diaryl/α,β-unsaturated/α-hetero) is 1. The maximum Gasteiger partial charge on any atom is 0.159 e. The highest BCUT2D eigenvalue weighted by Crippen LogP contribution is 2.64. The van der Waals surface area contributed by atoms with E-state index in [4.69, 9.17) is 0 Å². The molecule has 5 rings (SSSR count). The highest BCUT2D eigenvalue weighted by atomic mass is 19.1. The molecule has 0 aromatic rings. The number of halogens is 1. The van der Waals surface area contributed by atoms with Crippen LogP contribution in [0.1, 0.15) is 78.6 Å². The van der Waals surface area contributed by atoms with Gasteiger partial charge >= 0.3 is 0 Å². The van der Waals surface area contributed by atoms with Crippen molar-refractivity contribution in [2.24, 2.45) is 46.0 Å². The molecule has 2 N–H and O–H groups in total. The van der Waals surface area contributed by atoms with Crippen molar-refractivity contribution in [2.45, 2.75) is 84.7 Å². The maximum absolute atomic E-state index is 13.2. The molecule has 1 aliphatic heterocycles. The standard InChI is InChI=1S/C22H36N4O2.C2H6.CH3F/c1-22-10-9-17-16-6-4-15(27)11-14(16)3-5-18(17)19(22)7-8-20(22)21(28)12-26-24-13-23-25(26)2;2*1-2/h13-20,27H,3-12H2,1-2H3,(H,23,24);1-2H3;1H3. The largest absolute Gasteiger partial charge is 0.393 e. The molecule has 0 amide bonds. The zero-order valence-electron chi connectivity index (χ0n) is 20.8. The van der Waals surface area contributed by atoms with Crippen LogP contribution in [0, 0.1) is 40.9 Å². The molecule has 8 unspecified atom stereocenters. The summed E-state index contributed by atoms with van der Waals surface area (Å²) >= 11 is 0. The van der Waals surface area contributed by atoms with Crippen LogP contribution in [0.5, 0.6) is 0 Å². The lowest BCUT2D eigenvalue weighted by atomic mass is 9.49. The summed E-state index contributed by atoms with van der Waals surface area (Å²) in [6, 6.07) is 0. The van der Waals surface area contributed by atoms with Gasteiger partial charge in [0.2, 0.25) is 0 Å². The Kier molecular flexibility index (Phi) is 8.59. The van der Waals surface area contributed by atoms with Crippen molar-refractivity contribution in [1.82, 2.24) is 15.7 Å². The minimum absolute atomic E-state index is 0.0546. The molecule has 4 saturated carbocycles. The molecule has 5 aliphatic rings. The lowest BCUT2D eigenvalue weighted by Crippen LogP contribution is -2.50. The molecule has 1 heterocycles. The Labute approximate surface area is 193 Å². The molecular weight excluding hydrogens is 407 g/mol. The molecule has 4 aliphatic carbocycles. The Balaban J connectivity index is 0.000000686. The van der Waals surface area contributed by atoms with Gasteiger partial charge in [0.15, 0.2) is 5.78 Å². The quantitative estimate of drug-likeness (QED) is 0.664. The highest BCUT2D eigenvalue weighted by Gasteiger charge is 2.58. The molecule has 32 heavy (non-hydrogen) atoms. The van der Waals surface area contributed by atoms with Gasteiger partial charge in [-0.2, -0.15) is 0 Å². The van der Waals surface area contributed by atoms with Crippen molar-refractivity contribution in [3.63, 3.8) is 0 Å². The summed E-state index contributed by atoms with van der Waals surface area (Å²) in [6.45, 7) is 6.80. The van der Waals surface area contributed by atoms with Crippen LogP contribution in [-0.4, -0.2) is 54.3 Å². The number of nitrogens with one attached hydrogen (secondary N) is 1. The van der Waals surface area contributed by atoms with Gasteiger partial charge in [0.1, 0.15) is 12.9 Å². The number of rotatable bonds is 3. The van der Waals surface area contributed by atoms with Crippen molar-refractivity contribution in [2.75, 3.05) is 20.8 Å². The summed E-state index contributed by atoms with van der Waals surface area (Å²) in [5.41, 5.74) is 3.17. The highest BCUT2D eigenvalue weighted by molar-refractivity contribution is 5.84. The molecule has 6 nitrogen and oxygen atoms in total. The van der Waals surface area contributed by atoms with Crippen LogP contribution in [-0.2, 0) is 4.79 Å². The number of aliphatic hydroxyl groups excluding tert-OH is 1. The van der Waals surface area contributed by atoms with E-state index >= 15 is 0 Å². The van der Waals surface area contributed by atoms with Crippen LogP contribution >= 0.6 is 0 Å². The van der Waals surface area contributed by atoms with Gasteiger partial charge < -0.3 is 5.11 Å². The minimum atomic E-state index is -0.0546. The Morgan fingerprint density at radius 2 is 1.81 bits per heavy atom. The van der Waals surface area contributed by atoms with Gasteiger partial charge in [-0.3, -0.25) is 14.6 Å². The Morgan fingerprint density at radius 1 is 1.09 bits per heavy atom. The summed E-state index contributed by atoms with van der Waals surface area (Å²) in [6.07, 6.45) is 12.3. The Bertz CT molecular complexity index is 662. The fourth-order valence-electron chi connectivity index (χ4n) is 8.07. The van der Waals surface area contributed by atoms with Crippen molar-refractivity contribution in [3.05, 3.63) is 0 Å². The average molecular weight is 453 g/mol. The molecule has 184 valence electrons. The fraction of sp³-hybridized carbons (Fsp3) is 0.920.